The van der Waals surface area contributed by atoms with Crippen LogP contribution in [-0.4, -0.2) is 24.0 Å². The van der Waals surface area contributed by atoms with Crippen molar-refractivity contribution in [1.82, 2.24) is 0 Å². The number of carbonyl (C=O) groups is 1. The number of ether oxygens (including phenoxy) is 2. The molecule has 3 fully saturated rings. The van der Waals surface area contributed by atoms with Crippen molar-refractivity contribution in [3.63, 3.8) is 0 Å². The van der Waals surface area contributed by atoms with E-state index in [4.69, 9.17) is 9.47 Å². The summed E-state index contributed by atoms with van der Waals surface area (Å²) in [5, 5.41) is 1.04. The maximum absolute atomic E-state index is 13.1. The lowest BCUT2D eigenvalue weighted by Gasteiger charge is -2.58. The Morgan fingerprint density at radius 3 is 2.47 bits per heavy atom. The molecule has 1 aromatic carbocycles. The maximum Gasteiger partial charge on any atom is 0.338 e. The van der Waals surface area contributed by atoms with Crippen LogP contribution in [-0.2, 0) is 4.74 Å². The van der Waals surface area contributed by atoms with Gasteiger partial charge in [0, 0.05) is 11.8 Å². The van der Waals surface area contributed by atoms with Gasteiger partial charge in [-0.15, -0.1) is 0 Å². The van der Waals surface area contributed by atoms with E-state index in [-0.39, 0.29) is 17.5 Å². The molecule has 1 unspecified atom stereocenters. The lowest BCUT2D eigenvalue weighted by molar-refractivity contribution is -0.0594. The molecule has 0 bridgehead atoms. The molecule has 0 radical (unpaired) electrons. The summed E-state index contributed by atoms with van der Waals surface area (Å²) in [4.78, 5) is 13.1. The predicted octanol–water partition coefficient (Wildman–Crippen LogP) is 11.2. The van der Waals surface area contributed by atoms with Crippen LogP contribution in [0.2, 0.25) is 0 Å². The van der Waals surface area contributed by atoms with E-state index in [9.17, 15) is 4.79 Å². The van der Waals surface area contributed by atoms with Gasteiger partial charge in [0.15, 0.2) is 0 Å². The van der Waals surface area contributed by atoms with E-state index in [1.165, 1.54) is 57.8 Å². The molecule has 0 heterocycles. The number of unbranched alkanes of at least 4 members (excludes halogenated alkanes) is 2. The van der Waals surface area contributed by atoms with Crippen molar-refractivity contribution in [2.24, 2.45) is 46.3 Å². The third kappa shape index (κ3) is 7.25. The van der Waals surface area contributed by atoms with Crippen LogP contribution in [0.4, 0.5) is 0 Å². The highest BCUT2D eigenvalue weighted by molar-refractivity contribution is 9.09. The van der Waals surface area contributed by atoms with Gasteiger partial charge >= 0.3 is 5.97 Å². The van der Waals surface area contributed by atoms with Crippen LogP contribution in [0.1, 0.15) is 135 Å². The number of hydrogen-bond acceptors (Lipinski definition) is 3. The topological polar surface area (TPSA) is 35.5 Å². The number of esters is 1. The van der Waals surface area contributed by atoms with Crippen molar-refractivity contribution in [2.75, 3.05) is 11.9 Å². The van der Waals surface area contributed by atoms with Gasteiger partial charge < -0.3 is 9.47 Å². The maximum atomic E-state index is 13.1. The van der Waals surface area contributed by atoms with Crippen LogP contribution in [0.15, 0.2) is 35.9 Å². The first kappa shape index (κ1) is 33.1. The molecule has 5 rings (SSSR count). The molecule has 0 spiro atoms. The first-order valence-corrected chi connectivity index (χ1v) is 19.0. The number of benzene rings is 1. The molecular weight excluding hydrogens is 596 g/mol. The number of hydrogen-bond donors (Lipinski definition) is 0. The molecular formula is C39H59BrO3. The predicted molar refractivity (Wildman–Crippen MR) is 182 cm³/mol. The molecule has 1 aromatic rings. The van der Waals surface area contributed by atoms with E-state index in [2.05, 4.69) is 56.6 Å². The number of carbonyl (C=O) groups excluding carboxylic acids is 1. The summed E-state index contributed by atoms with van der Waals surface area (Å²) in [5.74, 6) is 5.74. The Labute approximate surface area is 271 Å². The van der Waals surface area contributed by atoms with E-state index < -0.39 is 0 Å². The Balaban J connectivity index is 1.16. The van der Waals surface area contributed by atoms with E-state index in [0.717, 1.165) is 78.7 Å². The third-order valence-corrected chi connectivity index (χ3v) is 13.2. The monoisotopic (exact) mass is 654 g/mol. The zero-order valence-corrected chi connectivity index (χ0v) is 29.4. The van der Waals surface area contributed by atoms with E-state index in [1.807, 2.05) is 24.3 Å². The molecule has 0 aliphatic heterocycles. The number of rotatable bonds is 13. The quantitative estimate of drug-likeness (QED) is 0.0918. The third-order valence-electron chi connectivity index (χ3n) is 12.7. The summed E-state index contributed by atoms with van der Waals surface area (Å²) in [6.45, 7) is 13.3. The van der Waals surface area contributed by atoms with Crippen molar-refractivity contribution < 1.29 is 14.3 Å². The summed E-state index contributed by atoms with van der Waals surface area (Å²) >= 11 is 3.47. The van der Waals surface area contributed by atoms with Crippen LogP contribution >= 0.6 is 15.9 Å². The minimum atomic E-state index is -0.195. The molecule has 8 atom stereocenters. The van der Waals surface area contributed by atoms with Gasteiger partial charge in [0.1, 0.15) is 11.9 Å². The van der Waals surface area contributed by atoms with Gasteiger partial charge in [-0.1, -0.05) is 81.5 Å². The van der Waals surface area contributed by atoms with Gasteiger partial charge in [0.2, 0.25) is 0 Å². The van der Waals surface area contributed by atoms with Crippen molar-refractivity contribution in [3.05, 3.63) is 41.5 Å². The summed E-state index contributed by atoms with van der Waals surface area (Å²) in [7, 11) is 0. The van der Waals surface area contributed by atoms with Gasteiger partial charge in [-0.2, -0.15) is 0 Å². The Morgan fingerprint density at radius 2 is 1.72 bits per heavy atom. The highest BCUT2D eigenvalue weighted by atomic mass is 79.9. The van der Waals surface area contributed by atoms with E-state index in [1.54, 1.807) is 5.57 Å². The number of fused-ring (bicyclic) bond motifs is 5. The summed E-state index contributed by atoms with van der Waals surface area (Å²) in [5.41, 5.74) is 3.02. The first-order valence-electron chi connectivity index (χ1n) is 17.8. The smallest absolute Gasteiger partial charge is 0.338 e. The molecule has 4 aliphatic rings. The molecule has 4 heteroatoms. The van der Waals surface area contributed by atoms with Crippen LogP contribution in [0.3, 0.4) is 0 Å². The molecule has 0 aromatic heterocycles. The summed E-state index contributed by atoms with van der Waals surface area (Å²) in [6.07, 6.45) is 20.1. The van der Waals surface area contributed by atoms with Crippen molar-refractivity contribution >= 4 is 21.9 Å². The largest absolute Gasteiger partial charge is 0.494 e. The Morgan fingerprint density at radius 1 is 0.930 bits per heavy atom. The highest BCUT2D eigenvalue weighted by Crippen LogP contribution is 2.67. The summed E-state index contributed by atoms with van der Waals surface area (Å²) < 4.78 is 12.0. The Bertz CT molecular complexity index is 1090. The first-order chi connectivity index (χ1) is 20.7. The zero-order valence-electron chi connectivity index (χ0n) is 27.8. The highest BCUT2D eigenvalue weighted by Gasteiger charge is 2.59. The van der Waals surface area contributed by atoms with Crippen LogP contribution in [0.25, 0.3) is 0 Å². The van der Waals surface area contributed by atoms with Crippen molar-refractivity contribution in [1.29, 1.82) is 0 Å². The van der Waals surface area contributed by atoms with Gasteiger partial charge in [-0.25, -0.2) is 4.79 Å². The van der Waals surface area contributed by atoms with Gasteiger partial charge in [-0.05, 0) is 135 Å². The van der Waals surface area contributed by atoms with E-state index >= 15 is 0 Å². The average molecular weight is 656 g/mol. The molecule has 3 saturated carbocycles. The van der Waals surface area contributed by atoms with Crippen LogP contribution < -0.4 is 4.74 Å². The minimum absolute atomic E-state index is 0.00913. The second-order valence-electron chi connectivity index (χ2n) is 15.7. The normalized spacial score (nSPS) is 34.1. The van der Waals surface area contributed by atoms with Crippen LogP contribution in [0, 0.1) is 46.3 Å². The van der Waals surface area contributed by atoms with Gasteiger partial charge in [0.05, 0.1) is 12.2 Å². The van der Waals surface area contributed by atoms with E-state index in [0.29, 0.717) is 17.6 Å². The number of alkyl halides is 1. The lowest BCUT2D eigenvalue weighted by Crippen LogP contribution is -2.51. The number of halogens is 1. The van der Waals surface area contributed by atoms with Crippen molar-refractivity contribution in [2.45, 2.75) is 131 Å². The molecule has 240 valence electrons. The molecule has 3 nitrogen and oxygen atoms in total. The molecule has 0 amide bonds. The number of allylic oxidation sites excluding steroid dienone is 1. The van der Waals surface area contributed by atoms with Gasteiger partial charge in [-0.3, -0.25) is 0 Å². The zero-order chi connectivity index (χ0) is 30.6. The molecule has 43 heavy (non-hydrogen) atoms. The Hall–Kier alpha value is -1.29. The van der Waals surface area contributed by atoms with Crippen LogP contribution in [0.5, 0.6) is 5.75 Å². The Kier molecular flexibility index (Phi) is 11.1. The fourth-order valence-electron chi connectivity index (χ4n) is 10.2. The standard InChI is InChI=1S/C39H59BrO3/c1-27(2)10-9-11-28(3)34-18-19-35-33-17-14-30-26-32(20-22-38(30,4)36(33)21-23-39(34,35)5)43-37(41)29-12-15-31(16-13-29)42-25-8-6-7-24-40/h12-16,27-28,32-36H,6-11,17-26H2,1-5H3/t28-,32?,33+,34-,35+,36+,38+,39-/m1/s1. The molecule has 0 saturated heterocycles. The van der Waals surface area contributed by atoms with Gasteiger partial charge in [0.25, 0.3) is 0 Å². The van der Waals surface area contributed by atoms with Crippen molar-refractivity contribution in [3.8, 4) is 5.75 Å². The summed E-state index contributed by atoms with van der Waals surface area (Å²) in [6, 6.07) is 7.51. The molecule has 4 aliphatic carbocycles. The fraction of sp³-hybridized carbons (Fsp3) is 0.769. The second-order valence-corrected chi connectivity index (χ2v) is 16.5. The minimum Gasteiger partial charge on any atom is -0.494 e. The SMILES string of the molecule is CC(C)CCC[C@@H](C)[C@H]1CC[C@H]2[C@@H]3CC=C4CC(OC(=O)c5ccc(OCCCCCBr)cc5)CC[C@]4(C)[C@H]3CC[C@]12C. The fourth-order valence-corrected chi connectivity index (χ4v) is 10.6. The second kappa shape index (κ2) is 14.4. The average Bonchev–Trinajstić information content (AvgIpc) is 3.34. The lowest BCUT2D eigenvalue weighted by atomic mass is 9.47. The molecule has 0 N–H and O–H groups in total.